The molecule has 0 aliphatic carbocycles. The van der Waals surface area contributed by atoms with E-state index in [0.717, 1.165) is 23.8 Å². The molecule has 0 N–H and O–H groups in total. The lowest BCUT2D eigenvalue weighted by atomic mass is 10.00. The highest BCUT2D eigenvalue weighted by atomic mass is 32.2. The van der Waals surface area contributed by atoms with Crippen molar-refractivity contribution >= 4 is 15.6 Å². The lowest BCUT2D eigenvalue weighted by molar-refractivity contribution is 0.103. The van der Waals surface area contributed by atoms with Crippen molar-refractivity contribution in [2.24, 2.45) is 0 Å². The number of hydrogen-bond acceptors (Lipinski definition) is 3. The number of rotatable bonds is 4. The van der Waals surface area contributed by atoms with Crippen molar-refractivity contribution < 1.29 is 13.2 Å². The van der Waals surface area contributed by atoms with Crippen LogP contribution in [0.15, 0.2) is 47.4 Å². The third-order valence-electron chi connectivity index (χ3n) is 3.41. The van der Waals surface area contributed by atoms with Crippen LogP contribution in [0.4, 0.5) is 0 Å². The van der Waals surface area contributed by atoms with E-state index >= 15 is 0 Å². The van der Waals surface area contributed by atoms with Gasteiger partial charge in [0, 0.05) is 17.4 Å². The number of benzene rings is 2. The molecule has 0 aliphatic heterocycles. The number of sulfone groups is 1. The predicted molar refractivity (Wildman–Crippen MR) is 83.5 cm³/mol. The zero-order chi connectivity index (χ0) is 15.6. The lowest BCUT2D eigenvalue weighted by Crippen LogP contribution is -2.10. The topological polar surface area (TPSA) is 51.2 Å². The Morgan fingerprint density at radius 2 is 1.67 bits per heavy atom. The van der Waals surface area contributed by atoms with E-state index in [2.05, 4.69) is 0 Å². The van der Waals surface area contributed by atoms with Gasteiger partial charge >= 0.3 is 0 Å². The van der Waals surface area contributed by atoms with E-state index in [9.17, 15) is 13.2 Å². The molecule has 0 radical (unpaired) electrons. The van der Waals surface area contributed by atoms with E-state index in [-0.39, 0.29) is 16.2 Å². The first-order valence-corrected chi connectivity index (χ1v) is 8.66. The summed E-state index contributed by atoms with van der Waals surface area (Å²) in [6, 6.07) is 12.1. The molecule has 0 bridgehead atoms. The third-order valence-corrected chi connectivity index (χ3v) is 4.57. The fraction of sp³-hybridized carbons (Fsp3) is 0.235. The van der Waals surface area contributed by atoms with Gasteiger partial charge in [0.05, 0.1) is 4.90 Å². The van der Waals surface area contributed by atoms with Crippen LogP contribution in [-0.2, 0) is 16.3 Å². The van der Waals surface area contributed by atoms with Crippen LogP contribution in [-0.4, -0.2) is 20.5 Å². The zero-order valence-electron chi connectivity index (χ0n) is 12.4. The Morgan fingerprint density at radius 1 is 1.05 bits per heavy atom. The molecule has 0 saturated heterocycles. The Morgan fingerprint density at radius 3 is 2.19 bits per heavy atom. The molecule has 2 aromatic carbocycles. The molecule has 2 rings (SSSR count). The summed E-state index contributed by atoms with van der Waals surface area (Å²) in [5.74, 6) is -0.259. The van der Waals surface area contributed by atoms with Gasteiger partial charge in [0.1, 0.15) is 0 Å². The molecule has 0 unspecified atom stereocenters. The summed E-state index contributed by atoms with van der Waals surface area (Å²) in [6.07, 6.45) is 1.87. The minimum absolute atomic E-state index is 0.0882. The minimum Gasteiger partial charge on any atom is -0.289 e. The molecule has 0 spiro atoms. The van der Waals surface area contributed by atoms with E-state index in [1.54, 1.807) is 24.3 Å². The van der Waals surface area contributed by atoms with Crippen molar-refractivity contribution in [3.8, 4) is 0 Å². The molecule has 21 heavy (non-hydrogen) atoms. The summed E-state index contributed by atoms with van der Waals surface area (Å²) in [5, 5.41) is 0. The van der Waals surface area contributed by atoms with Crippen LogP contribution >= 0.6 is 0 Å². The average molecular weight is 302 g/mol. The fourth-order valence-corrected chi connectivity index (χ4v) is 3.02. The Bertz CT molecular complexity index is 772. The molecule has 2 aromatic rings. The first kappa shape index (κ1) is 15.4. The second-order valence-electron chi connectivity index (χ2n) is 5.15. The summed E-state index contributed by atoms with van der Waals surface area (Å²) in [5.41, 5.74) is 2.74. The van der Waals surface area contributed by atoms with Gasteiger partial charge in [-0.05, 0) is 31.0 Å². The first-order valence-electron chi connectivity index (χ1n) is 6.77. The smallest absolute Gasteiger partial charge is 0.194 e. The van der Waals surface area contributed by atoms with Crippen molar-refractivity contribution in [3.05, 3.63) is 64.7 Å². The number of hydrogen-bond donors (Lipinski definition) is 0. The van der Waals surface area contributed by atoms with Gasteiger partial charge < -0.3 is 0 Å². The monoisotopic (exact) mass is 302 g/mol. The van der Waals surface area contributed by atoms with Crippen LogP contribution in [0, 0.1) is 6.92 Å². The second kappa shape index (κ2) is 5.82. The van der Waals surface area contributed by atoms with Gasteiger partial charge in [-0.1, -0.05) is 42.8 Å². The molecular formula is C17H18O3S. The van der Waals surface area contributed by atoms with Crippen molar-refractivity contribution in [1.29, 1.82) is 0 Å². The van der Waals surface area contributed by atoms with Gasteiger partial charge in [-0.15, -0.1) is 0 Å². The SMILES string of the molecule is CCc1ccc(S(C)(=O)=O)c(C(=O)c2ccc(C)cc2)c1. The Labute approximate surface area is 125 Å². The maximum absolute atomic E-state index is 12.6. The van der Waals surface area contributed by atoms with Gasteiger partial charge in [0.15, 0.2) is 15.6 Å². The number of ketones is 1. The van der Waals surface area contributed by atoms with Crippen LogP contribution in [0.3, 0.4) is 0 Å². The van der Waals surface area contributed by atoms with E-state index < -0.39 is 9.84 Å². The van der Waals surface area contributed by atoms with Gasteiger partial charge in [0.2, 0.25) is 0 Å². The molecular weight excluding hydrogens is 284 g/mol. The van der Waals surface area contributed by atoms with Crippen LogP contribution in [0.25, 0.3) is 0 Å². The highest BCUT2D eigenvalue weighted by molar-refractivity contribution is 7.90. The van der Waals surface area contributed by atoms with Crippen LogP contribution < -0.4 is 0 Å². The van der Waals surface area contributed by atoms with Crippen molar-refractivity contribution in [1.82, 2.24) is 0 Å². The standard InChI is InChI=1S/C17H18O3S/c1-4-13-7-10-16(21(3,19)20)15(11-13)17(18)14-8-5-12(2)6-9-14/h5-11H,4H2,1-3H3. The molecule has 0 saturated carbocycles. The van der Waals surface area contributed by atoms with E-state index in [0.29, 0.717) is 5.56 Å². The Balaban J connectivity index is 2.60. The predicted octanol–water partition coefficient (Wildman–Crippen LogP) is 3.19. The van der Waals surface area contributed by atoms with E-state index in [1.807, 2.05) is 26.0 Å². The number of aryl methyl sites for hydroxylation is 2. The summed E-state index contributed by atoms with van der Waals surface area (Å²) < 4.78 is 23.8. The van der Waals surface area contributed by atoms with Crippen molar-refractivity contribution in [2.75, 3.05) is 6.26 Å². The summed E-state index contributed by atoms with van der Waals surface area (Å²) in [7, 11) is -3.44. The number of carbonyl (C=O) groups excluding carboxylic acids is 1. The van der Waals surface area contributed by atoms with Crippen LogP contribution in [0.1, 0.15) is 34.0 Å². The highest BCUT2D eigenvalue weighted by Crippen LogP contribution is 2.21. The third kappa shape index (κ3) is 3.39. The maximum atomic E-state index is 12.6. The van der Waals surface area contributed by atoms with Gasteiger partial charge in [-0.25, -0.2) is 8.42 Å². The van der Waals surface area contributed by atoms with Gasteiger partial charge in [-0.2, -0.15) is 0 Å². The van der Waals surface area contributed by atoms with Crippen LogP contribution in [0.2, 0.25) is 0 Å². The van der Waals surface area contributed by atoms with E-state index in [4.69, 9.17) is 0 Å². The zero-order valence-corrected chi connectivity index (χ0v) is 13.2. The molecule has 4 heteroatoms. The fourth-order valence-electron chi connectivity index (χ4n) is 2.16. The Hall–Kier alpha value is -1.94. The first-order chi connectivity index (χ1) is 9.82. The molecule has 0 aromatic heterocycles. The lowest BCUT2D eigenvalue weighted by Gasteiger charge is -2.09. The van der Waals surface area contributed by atoms with Crippen molar-refractivity contribution in [3.63, 3.8) is 0 Å². The average Bonchev–Trinajstić information content (AvgIpc) is 2.45. The number of carbonyl (C=O) groups is 1. The van der Waals surface area contributed by atoms with E-state index in [1.165, 1.54) is 6.07 Å². The molecule has 0 amide bonds. The highest BCUT2D eigenvalue weighted by Gasteiger charge is 2.20. The molecule has 0 fully saturated rings. The van der Waals surface area contributed by atoms with Crippen LogP contribution in [0.5, 0.6) is 0 Å². The largest absolute Gasteiger partial charge is 0.289 e. The van der Waals surface area contributed by atoms with Gasteiger partial charge in [-0.3, -0.25) is 4.79 Å². The summed E-state index contributed by atoms with van der Waals surface area (Å²) in [6.45, 7) is 3.91. The summed E-state index contributed by atoms with van der Waals surface area (Å²) >= 11 is 0. The maximum Gasteiger partial charge on any atom is 0.194 e. The second-order valence-corrected chi connectivity index (χ2v) is 7.14. The minimum atomic E-state index is -3.44. The molecule has 0 heterocycles. The molecule has 0 aliphatic rings. The normalized spacial score (nSPS) is 11.4. The summed E-state index contributed by atoms with van der Waals surface area (Å²) in [4.78, 5) is 12.7. The molecule has 0 atom stereocenters. The van der Waals surface area contributed by atoms with Gasteiger partial charge in [0.25, 0.3) is 0 Å². The quantitative estimate of drug-likeness (QED) is 0.815. The Kier molecular flexibility index (Phi) is 4.28. The van der Waals surface area contributed by atoms with Crippen molar-refractivity contribution in [2.45, 2.75) is 25.2 Å². The molecule has 110 valence electrons. The molecule has 3 nitrogen and oxygen atoms in total.